The van der Waals surface area contributed by atoms with Gasteiger partial charge < -0.3 is 5.11 Å². The molecule has 24 heavy (non-hydrogen) atoms. The van der Waals surface area contributed by atoms with Crippen molar-refractivity contribution in [3.63, 3.8) is 0 Å². The summed E-state index contributed by atoms with van der Waals surface area (Å²) in [5, 5.41) is 15.2. The molecule has 1 aromatic carbocycles. The van der Waals surface area contributed by atoms with E-state index in [0.717, 1.165) is 56.6 Å². The van der Waals surface area contributed by atoms with Gasteiger partial charge in [0.15, 0.2) is 0 Å². The minimum Gasteiger partial charge on any atom is -0.390 e. The molecule has 128 valence electrons. The number of aliphatic hydroxyl groups is 1. The molecule has 2 atom stereocenters. The third-order valence-corrected chi connectivity index (χ3v) is 5.65. The highest BCUT2D eigenvalue weighted by Crippen LogP contribution is 2.40. The van der Waals surface area contributed by atoms with Crippen molar-refractivity contribution in [1.29, 1.82) is 0 Å². The molecule has 2 heterocycles. The van der Waals surface area contributed by atoms with E-state index >= 15 is 0 Å². The van der Waals surface area contributed by atoms with Gasteiger partial charge in [-0.3, -0.25) is 4.90 Å². The van der Waals surface area contributed by atoms with Gasteiger partial charge in [-0.25, -0.2) is 9.07 Å². The summed E-state index contributed by atoms with van der Waals surface area (Å²) in [4.78, 5) is 2.43. The van der Waals surface area contributed by atoms with Gasteiger partial charge in [0.05, 0.1) is 17.5 Å². The third kappa shape index (κ3) is 3.10. The van der Waals surface area contributed by atoms with E-state index in [-0.39, 0.29) is 5.82 Å². The summed E-state index contributed by atoms with van der Waals surface area (Å²) in [5.74, 6) is 0.173. The number of hydrogen-bond donors (Lipinski definition) is 1. The number of likely N-dealkylation sites (tertiary alicyclic amines) is 1. The average molecular weight is 329 g/mol. The van der Waals surface area contributed by atoms with Gasteiger partial charge in [-0.05, 0) is 43.5 Å². The fourth-order valence-electron chi connectivity index (χ4n) is 4.22. The summed E-state index contributed by atoms with van der Waals surface area (Å²) in [6.07, 6.45) is 9.28. The molecule has 0 bridgehead atoms. The molecule has 4 nitrogen and oxygen atoms in total. The van der Waals surface area contributed by atoms with Crippen LogP contribution in [0.15, 0.2) is 36.7 Å². The summed E-state index contributed by atoms with van der Waals surface area (Å²) >= 11 is 0. The molecule has 5 heteroatoms. The Morgan fingerprint density at radius 3 is 2.88 bits per heavy atom. The highest BCUT2D eigenvalue weighted by Gasteiger charge is 2.42. The zero-order valence-corrected chi connectivity index (χ0v) is 13.9. The van der Waals surface area contributed by atoms with Crippen molar-refractivity contribution in [3.05, 3.63) is 48.0 Å². The monoisotopic (exact) mass is 329 g/mol. The van der Waals surface area contributed by atoms with E-state index in [9.17, 15) is 9.50 Å². The van der Waals surface area contributed by atoms with E-state index < -0.39 is 5.60 Å². The van der Waals surface area contributed by atoms with Crippen LogP contribution in [-0.2, 0) is 6.54 Å². The van der Waals surface area contributed by atoms with Crippen LogP contribution in [-0.4, -0.2) is 38.5 Å². The summed E-state index contributed by atoms with van der Waals surface area (Å²) in [6, 6.07) is 6.36. The Bertz CT molecular complexity index is 699. The zero-order chi connectivity index (χ0) is 16.6. The molecular formula is C19H24FN3O. The molecule has 0 radical (unpaired) electrons. The van der Waals surface area contributed by atoms with Crippen molar-refractivity contribution in [2.75, 3.05) is 13.1 Å². The lowest BCUT2D eigenvalue weighted by molar-refractivity contribution is -0.0967. The standard InChI is InChI=1S/C19H24FN3O/c20-17-4-6-18(7-5-17)23-13-15(11-21-23)12-22-10-9-19(24)8-2-1-3-16(19)14-22/h4-7,11,13,16,24H,1-3,8-10,12,14H2. The molecule has 4 rings (SSSR count). The molecule has 0 spiro atoms. The summed E-state index contributed by atoms with van der Waals surface area (Å²) < 4.78 is 14.8. The molecule has 2 aromatic rings. The van der Waals surface area contributed by atoms with E-state index in [4.69, 9.17) is 0 Å². The Kier molecular flexibility index (Phi) is 4.14. The maximum Gasteiger partial charge on any atom is 0.123 e. The van der Waals surface area contributed by atoms with Crippen LogP contribution in [0.5, 0.6) is 0 Å². The molecular weight excluding hydrogens is 305 g/mol. The number of benzene rings is 1. The van der Waals surface area contributed by atoms with Crippen LogP contribution >= 0.6 is 0 Å². The summed E-state index contributed by atoms with van der Waals surface area (Å²) in [7, 11) is 0. The predicted octanol–water partition coefficient (Wildman–Crippen LogP) is 3.14. The predicted molar refractivity (Wildman–Crippen MR) is 90.3 cm³/mol. The Hall–Kier alpha value is -1.72. The van der Waals surface area contributed by atoms with E-state index in [1.807, 2.05) is 12.4 Å². The van der Waals surface area contributed by atoms with E-state index in [1.165, 1.54) is 18.6 Å². The van der Waals surface area contributed by atoms with Gasteiger partial charge >= 0.3 is 0 Å². The lowest BCUT2D eigenvalue weighted by Gasteiger charge is -2.47. The molecule has 1 aliphatic carbocycles. The Morgan fingerprint density at radius 1 is 1.21 bits per heavy atom. The second-order valence-electron chi connectivity index (χ2n) is 7.30. The topological polar surface area (TPSA) is 41.3 Å². The second-order valence-corrected chi connectivity index (χ2v) is 7.30. The number of aromatic nitrogens is 2. The zero-order valence-electron chi connectivity index (χ0n) is 13.9. The van der Waals surface area contributed by atoms with Crippen molar-refractivity contribution >= 4 is 0 Å². The molecule has 0 amide bonds. The van der Waals surface area contributed by atoms with Gasteiger partial charge in [-0.1, -0.05) is 12.8 Å². The second kappa shape index (κ2) is 6.30. The lowest BCUT2D eigenvalue weighted by atomic mass is 9.71. The molecule has 1 saturated heterocycles. The first-order chi connectivity index (χ1) is 11.6. The maximum atomic E-state index is 13.0. The van der Waals surface area contributed by atoms with Gasteiger partial charge in [-0.2, -0.15) is 5.10 Å². The number of fused-ring (bicyclic) bond motifs is 1. The molecule has 1 N–H and O–H groups in total. The minimum absolute atomic E-state index is 0.237. The van der Waals surface area contributed by atoms with Crippen molar-refractivity contribution in [3.8, 4) is 5.69 Å². The SMILES string of the molecule is OC12CCCCC1CN(Cc1cnn(-c3ccc(F)cc3)c1)CC2. The number of rotatable bonds is 3. The Morgan fingerprint density at radius 2 is 2.04 bits per heavy atom. The van der Waals surface area contributed by atoms with Crippen molar-refractivity contribution < 1.29 is 9.50 Å². The molecule has 2 fully saturated rings. The number of halogens is 1. The lowest BCUT2D eigenvalue weighted by Crippen LogP contribution is -2.52. The number of hydrogen-bond acceptors (Lipinski definition) is 3. The van der Waals surface area contributed by atoms with Gasteiger partial charge in [0.2, 0.25) is 0 Å². The normalized spacial score (nSPS) is 27.8. The molecule has 1 saturated carbocycles. The first-order valence-electron chi connectivity index (χ1n) is 8.87. The quantitative estimate of drug-likeness (QED) is 0.940. The average Bonchev–Trinajstić information content (AvgIpc) is 3.04. The maximum absolute atomic E-state index is 13.0. The Labute approximate surface area is 141 Å². The van der Waals surface area contributed by atoms with Crippen LogP contribution in [0, 0.1) is 11.7 Å². The summed E-state index contributed by atoms with van der Waals surface area (Å²) in [5.41, 5.74) is 1.59. The number of nitrogens with zero attached hydrogens (tertiary/aromatic N) is 3. The minimum atomic E-state index is -0.424. The highest BCUT2D eigenvalue weighted by atomic mass is 19.1. The fraction of sp³-hybridized carbons (Fsp3) is 0.526. The van der Waals surface area contributed by atoms with Crippen molar-refractivity contribution in [1.82, 2.24) is 14.7 Å². The van der Waals surface area contributed by atoms with Crippen LogP contribution in [0.1, 0.15) is 37.7 Å². The Balaban J connectivity index is 1.42. The van der Waals surface area contributed by atoms with Gasteiger partial charge in [0.25, 0.3) is 0 Å². The van der Waals surface area contributed by atoms with Gasteiger partial charge in [0.1, 0.15) is 5.82 Å². The van der Waals surface area contributed by atoms with Gasteiger partial charge in [0, 0.05) is 37.3 Å². The van der Waals surface area contributed by atoms with Crippen LogP contribution < -0.4 is 0 Å². The molecule has 2 unspecified atom stereocenters. The first-order valence-corrected chi connectivity index (χ1v) is 8.87. The molecule has 1 aromatic heterocycles. The highest BCUT2D eigenvalue weighted by molar-refractivity contribution is 5.31. The largest absolute Gasteiger partial charge is 0.390 e. The van der Waals surface area contributed by atoms with E-state index in [2.05, 4.69) is 10.00 Å². The molecule has 1 aliphatic heterocycles. The third-order valence-electron chi connectivity index (χ3n) is 5.65. The smallest absolute Gasteiger partial charge is 0.123 e. The van der Waals surface area contributed by atoms with E-state index in [0.29, 0.717) is 5.92 Å². The molecule has 2 aliphatic rings. The van der Waals surface area contributed by atoms with Crippen LogP contribution in [0.25, 0.3) is 5.69 Å². The first kappa shape index (κ1) is 15.8. The van der Waals surface area contributed by atoms with Crippen molar-refractivity contribution in [2.24, 2.45) is 5.92 Å². The van der Waals surface area contributed by atoms with Crippen molar-refractivity contribution in [2.45, 2.75) is 44.2 Å². The van der Waals surface area contributed by atoms with Gasteiger partial charge in [-0.15, -0.1) is 0 Å². The van der Waals surface area contributed by atoms with Crippen LogP contribution in [0.4, 0.5) is 4.39 Å². The number of piperidine rings is 1. The van der Waals surface area contributed by atoms with E-state index in [1.54, 1.807) is 16.8 Å². The van der Waals surface area contributed by atoms with Crippen LogP contribution in [0.2, 0.25) is 0 Å². The fourth-order valence-corrected chi connectivity index (χ4v) is 4.22. The van der Waals surface area contributed by atoms with Crippen LogP contribution in [0.3, 0.4) is 0 Å². The summed E-state index contributed by atoms with van der Waals surface area (Å²) in [6.45, 7) is 2.76.